The van der Waals surface area contributed by atoms with Gasteiger partial charge in [0.15, 0.2) is 13.9 Å². The lowest BCUT2D eigenvalue weighted by molar-refractivity contribution is 0.670. The summed E-state index contributed by atoms with van der Waals surface area (Å²) in [5.41, 5.74) is 9.85. The van der Waals surface area contributed by atoms with Gasteiger partial charge in [-0.2, -0.15) is 0 Å². The van der Waals surface area contributed by atoms with Crippen LogP contribution >= 0.6 is 0 Å². The monoisotopic (exact) mass is 910 g/mol. The number of hydrogen-bond donors (Lipinski definition) is 0. The maximum absolute atomic E-state index is 6.68. The van der Waals surface area contributed by atoms with Crippen LogP contribution < -0.4 is 20.7 Å². The van der Waals surface area contributed by atoms with E-state index >= 15 is 0 Å². The minimum atomic E-state index is -2.76. The zero-order chi connectivity index (χ0) is 46.2. The third-order valence-corrected chi connectivity index (χ3v) is 19.1. The molecule has 0 aliphatic rings. The fourth-order valence-electron chi connectivity index (χ4n) is 11.2. The Bertz CT molecular complexity index is 4140. The van der Waals surface area contributed by atoms with Crippen LogP contribution in [0.1, 0.15) is 0 Å². The molecule has 0 amide bonds. The van der Waals surface area contributed by atoms with Gasteiger partial charge in [-0.3, -0.25) is 4.57 Å². The molecule has 70 heavy (non-hydrogen) atoms. The van der Waals surface area contributed by atoms with Crippen molar-refractivity contribution < 1.29 is 4.42 Å². The van der Waals surface area contributed by atoms with Gasteiger partial charge in [0, 0.05) is 55.2 Å². The lowest BCUT2D eigenvalue weighted by atomic mass is 10.1. The molecule has 0 atom stereocenters. The number of benzene rings is 10. The van der Waals surface area contributed by atoms with E-state index in [-0.39, 0.29) is 0 Å². The van der Waals surface area contributed by atoms with Gasteiger partial charge in [-0.05, 0) is 69.3 Å². The highest BCUT2D eigenvalue weighted by atomic mass is 28.3. The Morgan fingerprint density at radius 1 is 0.343 bits per heavy atom. The largest absolute Gasteiger partial charge is 0.455 e. The molecule has 4 aromatic heterocycles. The average Bonchev–Trinajstić information content (AvgIpc) is 4.10. The molecule has 0 bridgehead atoms. The second-order valence-electron chi connectivity index (χ2n) is 18.1. The van der Waals surface area contributed by atoms with E-state index in [1.807, 2.05) is 12.1 Å². The number of aromatic nitrogens is 4. The number of nitrogens with zero attached hydrogens (tertiary/aromatic N) is 4. The first kappa shape index (κ1) is 40.0. The Hall–Kier alpha value is -9.10. The van der Waals surface area contributed by atoms with Gasteiger partial charge in [-0.15, -0.1) is 0 Å². The minimum absolute atomic E-state index is 0.631. The van der Waals surface area contributed by atoms with Crippen molar-refractivity contribution in [3.63, 3.8) is 0 Å². The number of rotatable bonds is 8. The fraction of sp³-hybridized carbons (Fsp3) is 0. The predicted molar refractivity (Wildman–Crippen MR) is 292 cm³/mol. The van der Waals surface area contributed by atoms with E-state index in [4.69, 9.17) is 14.4 Å². The highest BCUT2D eigenvalue weighted by Gasteiger charge is 2.41. The maximum atomic E-state index is 6.68. The highest BCUT2D eigenvalue weighted by molar-refractivity contribution is 7.19. The third-order valence-electron chi connectivity index (χ3n) is 14.3. The first-order valence-electron chi connectivity index (χ1n) is 23.8. The summed E-state index contributed by atoms with van der Waals surface area (Å²) >= 11 is 0. The van der Waals surface area contributed by atoms with E-state index < -0.39 is 8.07 Å². The molecule has 0 radical (unpaired) electrons. The van der Waals surface area contributed by atoms with Crippen LogP contribution in [0.15, 0.2) is 259 Å². The molecular formula is C64H42N4OSi. The smallest absolute Gasteiger partial charge is 0.179 e. The Balaban J connectivity index is 0.996. The standard InChI is InChI=1S/C64H42N4OSi/c1-4-19-45(20-5-1)70(46-21-6-2-7-22-46,47-23-8-3-9-24-47)48-38-35-43(36-39-48)64-65-56(54-30-18-29-53-52-28-13-17-34-61(52)69-63(53)54)42-62(66-64)68-59-33-16-12-27-51(59)55-41-44(37-40-60(55)68)67-57-31-14-10-25-49(57)50-26-11-15-32-58(50)67/h1-42H. The van der Waals surface area contributed by atoms with Crippen LogP contribution in [0.3, 0.4) is 0 Å². The second-order valence-corrected chi connectivity index (χ2v) is 21.9. The molecule has 0 saturated carbocycles. The first-order valence-corrected chi connectivity index (χ1v) is 25.8. The van der Waals surface area contributed by atoms with Crippen molar-refractivity contribution in [3.05, 3.63) is 255 Å². The summed E-state index contributed by atoms with van der Waals surface area (Å²) in [4.78, 5) is 11.0. The second kappa shape index (κ2) is 16.0. The molecule has 328 valence electrons. The molecule has 0 aliphatic heterocycles. The Morgan fingerprint density at radius 2 is 0.829 bits per heavy atom. The summed E-state index contributed by atoms with van der Waals surface area (Å²) in [6.45, 7) is 0. The summed E-state index contributed by atoms with van der Waals surface area (Å²) in [5.74, 6) is 1.40. The molecule has 4 heterocycles. The van der Waals surface area contributed by atoms with Gasteiger partial charge in [0.1, 0.15) is 17.0 Å². The minimum Gasteiger partial charge on any atom is -0.455 e. The highest BCUT2D eigenvalue weighted by Crippen LogP contribution is 2.40. The van der Waals surface area contributed by atoms with Gasteiger partial charge >= 0.3 is 0 Å². The molecule has 0 spiro atoms. The van der Waals surface area contributed by atoms with Crippen molar-refractivity contribution in [2.24, 2.45) is 0 Å². The zero-order valence-electron chi connectivity index (χ0n) is 37.9. The van der Waals surface area contributed by atoms with E-state index in [1.165, 1.54) is 42.6 Å². The van der Waals surface area contributed by atoms with Gasteiger partial charge in [-0.1, -0.05) is 200 Å². The van der Waals surface area contributed by atoms with E-state index in [0.717, 1.165) is 72.1 Å². The number of hydrogen-bond acceptors (Lipinski definition) is 3. The molecule has 14 rings (SSSR count). The fourth-order valence-corrected chi connectivity index (χ4v) is 16.0. The summed E-state index contributed by atoms with van der Waals surface area (Å²) in [6, 6.07) is 91.8. The van der Waals surface area contributed by atoms with Crippen LogP contribution in [0.4, 0.5) is 0 Å². The summed E-state index contributed by atoms with van der Waals surface area (Å²) < 4.78 is 11.4. The van der Waals surface area contributed by atoms with Crippen molar-refractivity contribution >= 4 is 94.4 Å². The lowest BCUT2D eigenvalue weighted by Crippen LogP contribution is -2.74. The van der Waals surface area contributed by atoms with E-state index in [9.17, 15) is 0 Å². The van der Waals surface area contributed by atoms with Crippen LogP contribution in [-0.4, -0.2) is 27.2 Å². The van der Waals surface area contributed by atoms with Crippen LogP contribution in [0, 0.1) is 0 Å². The normalized spacial score (nSPS) is 12.0. The first-order chi connectivity index (χ1) is 34.7. The van der Waals surface area contributed by atoms with E-state index in [1.54, 1.807) is 0 Å². The molecule has 10 aromatic carbocycles. The maximum Gasteiger partial charge on any atom is 0.179 e. The molecule has 5 nitrogen and oxygen atoms in total. The number of fused-ring (bicyclic) bond motifs is 9. The Kier molecular flexibility index (Phi) is 9.15. The topological polar surface area (TPSA) is 48.8 Å². The SMILES string of the molecule is c1ccc([Si](c2ccccc2)(c2ccccc2)c2ccc(-c3nc(-c4cccc5c4oc4ccccc45)cc(-n4c5ccccc5c5cc(-n6c7ccccc7c7ccccc76)ccc54)n3)cc2)cc1. The van der Waals surface area contributed by atoms with Crippen LogP contribution in [0.5, 0.6) is 0 Å². The van der Waals surface area contributed by atoms with Gasteiger partial charge in [0.25, 0.3) is 0 Å². The van der Waals surface area contributed by atoms with E-state index in [2.05, 4.69) is 252 Å². The van der Waals surface area contributed by atoms with Gasteiger partial charge in [0.05, 0.1) is 27.8 Å². The van der Waals surface area contributed by atoms with Crippen molar-refractivity contribution in [2.45, 2.75) is 0 Å². The van der Waals surface area contributed by atoms with Gasteiger partial charge in [0.2, 0.25) is 0 Å². The molecule has 6 heteroatoms. The van der Waals surface area contributed by atoms with Crippen molar-refractivity contribution in [3.8, 4) is 34.2 Å². The average molecular weight is 911 g/mol. The van der Waals surface area contributed by atoms with Crippen molar-refractivity contribution in [2.75, 3.05) is 0 Å². The van der Waals surface area contributed by atoms with Crippen LogP contribution in [-0.2, 0) is 0 Å². The molecule has 0 N–H and O–H groups in total. The van der Waals surface area contributed by atoms with Gasteiger partial charge < -0.3 is 8.98 Å². The van der Waals surface area contributed by atoms with Crippen LogP contribution in [0.25, 0.3) is 99.7 Å². The molecule has 0 fully saturated rings. The van der Waals surface area contributed by atoms with Crippen molar-refractivity contribution in [1.82, 2.24) is 19.1 Å². The lowest BCUT2D eigenvalue weighted by Gasteiger charge is -2.34. The third kappa shape index (κ3) is 6.10. The van der Waals surface area contributed by atoms with Crippen LogP contribution in [0.2, 0.25) is 0 Å². The number of furan rings is 1. The predicted octanol–water partition coefficient (Wildman–Crippen LogP) is 13.3. The zero-order valence-corrected chi connectivity index (χ0v) is 38.9. The molecule has 0 aliphatic carbocycles. The number of para-hydroxylation sites is 5. The van der Waals surface area contributed by atoms with E-state index in [0.29, 0.717) is 5.82 Å². The Labute approximate surface area is 404 Å². The molecule has 0 saturated heterocycles. The quantitative estimate of drug-likeness (QED) is 0.113. The molecular weight excluding hydrogens is 869 g/mol. The summed E-state index contributed by atoms with van der Waals surface area (Å²) in [5, 5.41) is 12.2. The van der Waals surface area contributed by atoms with Gasteiger partial charge in [-0.25, -0.2) is 9.97 Å². The molecule has 14 aromatic rings. The van der Waals surface area contributed by atoms with Crippen molar-refractivity contribution in [1.29, 1.82) is 0 Å². The summed E-state index contributed by atoms with van der Waals surface area (Å²) in [6.07, 6.45) is 0. The molecule has 0 unspecified atom stereocenters. The Morgan fingerprint density at radius 3 is 1.44 bits per heavy atom. The summed E-state index contributed by atoms with van der Waals surface area (Å²) in [7, 11) is -2.76.